The van der Waals surface area contributed by atoms with Crippen molar-refractivity contribution in [2.45, 2.75) is 32.2 Å². The van der Waals surface area contributed by atoms with Gasteiger partial charge in [-0.1, -0.05) is 12.1 Å². The normalized spacial score (nSPS) is 13.3. The molecule has 0 atom stereocenters. The molecule has 0 heterocycles. The van der Waals surface area contributed by atoms with Crippen LogP contribution in [-0.2, 0) is 19.4 Å². The van der Waals surface area contributed by atoms with Gasteiger partial charge in [0, 0.05) is 17.8 Å². The predicted molar refractivity (Wildman–Crippen MR) is 81.5 cm³/mol. The highest BCUT2D eigenvalue weighted by atomic mass is 19.1. The maximum atomic E-state index is 13.8. The molecule has 0 saturated heterocycles. The van der Waals surface area contributed by atoms with Crippen LogP contribution in [0.15, 0.2) is 36.4 Å². The number of fused-ring (bicyclic) bond motifs is 1. The molecule has 0 fully saturated rings. The fourth-order valence-electron chi connectivity index (χ4n) is 2.92. The summed E-state index contributed by atoms with van der Waals surface area (Å²) in [7, 11) is 0. The van der Waals surface area contributed by atoms with E-state index in [1.807, 2.05) is 6.07 Å². The van der Waals surface area contributed by atoms with Crippen LogP contribution in [0.1, 0.15) is 35.1 Å². The van der Waals surface area contributed by atoms with Crippen molar-refractivity contribution in [1.82, 2.24) is 0 Å². The Labute approximate surface area is 124 Å². The molecule has 1 N–H and O–H groups in total. The summed E-state index contributed by atoms with van der Waals surface area (Å²) in [6, 6.07) is 12.8. The molecule has 1 aliphatic carbocycles. The molecule has 2 aromatic rings. The molecule has 0 spiro atoms. The van der Waals surface area contributed by atoms with Crippen molar-refractivity contribution in [3.63, 3.8) is 0 Å². The molecule has 0 amide bonds. The molecule has 2 aromatic carbocycles. The summed E-state index contributed by atoms with van der Waals surface area (Å²) in [4.78, 5) is 0. The second kappa shape index (κ2) is 5.97. The van der Waals surface area contributed by atoms with Crippen molar-refractivity contribution in [2.24, 2.45) is 0 Å². The average molecular weight is 280 g/mol. The van der Waals surface area contributed by atoms with Crippen LogP contribution >= 0.6 is 0 Å². The van der Waals surface area contributed by atoms with Crippen LogP contribution in [-0.4, -0.2) is 0 Å². The summed E-state index contributed by atoms with van der Waals surface area (Å²) < 4.78 is 13.8. The maximum absolute atomic E-state index is 13.8. The van der Waals surface area contributed by atoms with Gasteiger partial charge in [0.2, 0.25) is 0 Å². The van der Waals surface area contributed by atoms with Crippen LogP contribution in [0.25, 0.3) is 0 Å². The van der Waals surface area contributed by atoms with Gasteiger partial charge in [-0.05, 0) is 61.1 Å². The zero-order valence-corrected chi connectivity index (χ0v) is 11.8. The Morgan fingerprint density at radius 1 is 1.14 bits per heavy atom. The third-order valence-electron chi connectivity index (χ3n) is 4.04. The fourth-order valence-corrected chi connectivity index (χ4v) is 2.92. The van der Waals surface area contributed by atoms with Crippen molar-refractivity contribution >= 4 is 5.69 Å². The first kappa shape index (κ1) is 13.6. The van der Waals surface area contributed by atoms with Gasteiger partial charge in [-0.15, -0.1) is 0 Å². The zero-order chi connectivity index (χ0) is 14.7. The van der Waals surface area contributed by atoms with Crippen LogP contribution in [0.5, 0.6) is 0 Å². The molecule has 1 aliphatic rings. The SMILES string of the molecule is N#Cc1ccc(F)c(CNc2cccc3c2CCCC3)c1. The predicted octanol–water partition coefficient (Wildman–Crippen LogP) is 4.19. The van der Waals surface area contributed by atoms with E-state index in [2.05, 4.69) is 23.5 Å². The van der Waals surface area contributed by atoms with Crippen LogP contribution in [0.3, 0.4) is 0 Å². The lowest BCUT2D eigenvalue weighted by molar-refractivity contribution is 0.612. The van der Waals surface area contributed by atoms with E-state index >= 15 is 0 Å². The highest BCUT2D eigenvalue weighted by Crippen LogP contribution is 2.28. The second-order valence-corrected chi connectivity index (χ2v) is 5.42. The van der Waals surface area contributed by atoms with Crippen LogP contribution in [0, 0.1) is 17.1 Å². The molecule has 21 heavy (non-hydrogen) atoms. The van der Waals surface area contributed by atoms with Gasteiger partial charge in [0.05, 0.1) is 11.6 Å². The molecule has 2 nitrogen and oxygen atoms in total. The number of hydrogen-bond acceptors (Lipinski definition) is 2. The number of nitrogens with one attached hydrogen (secondary N) is 1. The minimum Gasteiger partial charge on any atom is -0.381 e. The second-order valence-electron chi connectivity index (χ2n) is 5.42. The zero-order valence-electron chi connectivity index (χ0n) is 11.8. The summed E-state index contributed by atoms with van der Waals surface area (Å²) in [6.45, 7) is 0.401. The third kappa shape index (κ3) is 2.90. The smallest absolute Gasteiger partial charge is 0.128 e. The highest BCUT2D eigenvalue weighted by Gasteiger charge is 2.13. The van der Waals surface area contributed by atoms with Crippen LogP contribution < -0.4 is 5.32 Å². The lowest BCUT2D eigenvalue weighted by atomic mass is 9.90. The average Bonchev–Trinajstić information content (AvgIpc) is 2.54. The number of nitrogens with zero attached hydrogens (tertiary/aromatic N) is 1. The Morgan fingerprint density at radius 3 is 2.86 bits per heavy atom. The van der Waals surface area contributed by atoms with Gasteiger partial charge in [0.15, 0.2) is 0 Å². The molecule has 0 bridgehead atoms. The van der Waals surface area contributed by atoms with E-state index in [0.29, 0.717) is 17.7 Å². The summed E-state index contributed by atoms with van der Waals surface area (Å²) in [5.74, 6) is -0.272. The minimum atomic E-state index is -0.272. The Kier molecular flexibility index (Phi) is 3.87. The van der Waals surface area contributed by atoms with Crippen molar-refractivity contribution in [2.75, 3.05) is 5.32 Å². The number of nitriles is 1. The monoisotopic (exact) mass is 280 g/mol. The van der Waals surface area contributed by atoms with Crippen LogP contribution in [0.2, 0.25) is 0 Å². The van der Waals surface area contributed by atoms with Gasteiger partial charge in [-0.25, -0.2) is 4.39 Å². The van der Waals surface area contributed by atoms with E-state index in [4.69, 9.17) is 5.26 Å². The summed E-state index contributed by atoms with van der Waals surface area (Å²) >= 11 is 0. The lowest BCUT2D eigenvalue weighted by Gasteiger charge is -2.20. The third-order valence-corrected chi connectivity index (χ3v) is 4.04. The quantitative estimate of drug-likeness (QED) is 0.915. The topological polar surface area (TPSA) is 35.8 Å². The first-order chi connectivity index (χ1) is 10.3. The van der Waals surface area contributed by atoms with Gasteiger partial charge in [-0.2, -0.15) is 5.26 Å². The molecular weight excluding hydrogens is 263 g/mol. The molecule has 0 radical (unpaired) electrons. The maximum Gasteiger partial charge on any atom is 0.128 e. The van der Waals surface area contributed by atoms with Crippen LogP contribution in [0.4, 0.5) is 10.1 Å². The number of anilines is 1. The van der Waals surface area contributed by atoms with E-state index < -0.39 is 0 Å². The van der Waals surface area contributed by atoms with E-state index in [1.165, 1.54) is 36.1 Å². The van der Waals surface area contributed by atoms with Gasteiger partial charge in [0.25, 0.3) is 0 Å². The van der Waals surface area contributed by atoms with Gasteiger partial charge < -0.3 is 5.32 Å². The Hall–Kier alpha value is -2.34. The molecule has 0 aliphatic heterocycles. The van der Waals surface area contributed by atoms with Gasteiger partial charge in [0.1, 0.15) is 5.82 Å². The van der Waals surface area contributed by atoms with Crippen molar-refractivity contribution in [3.8, 4) is 6.07 Å². The number of halogens is 1. The van der Waals surface area contributed by atoms with Crippen molar-refractivity contribution < 1.29 is 4.39 Å². The Balaban J connectivity index is 1.81. The van der Waals surface area contributed by atoms with Crippen molar-refractivity contribution in [1.29, 1.82) is 5.26 Å². The summed E-state index contributed by atoms with van der Waals surface area (Å²) in [5, 5.41) is 12.2. The Morgan fingerprint density at radius 2 is 2.00 bits per heavy atom. The molecule has 3 heteroatoms. The first-order valence-corrected chi connectivity index (χ1v) is 7.31. The lowest BCUT2D eigenvalue weighted by Crippen LogP contribution is -2.09. The summed E-state index contributed by atoms with van der Waals surface area (Å²) in [5.41, 5.74) is 4.87. The van der Waals surface area contributed by atoms with Gasteiger partial charge in [-0.3, -0.25) is 0 Å². The molecule has 0 unspecified atom stereocenters. The standard InChI is InChI=1S/C18H17FN2/c19-17-9-8-13(11-20)10-15(17)12-21-18-7-3-5-14-4-1-2-6-16(14)18/h3,5,7-10,21H,1-2,4,6,12H2. The van der Waals surface area contributed by atoms with E-state index in [-0.39, 0.29) is 5.82 Å². The highest BCUT2D eigenvalue weighted by molar-refractivity contribution is 5.56. The first-order valence-electron chi connectivity index (χ1n) is 7.31. The van der Waals surface area contributed by atoms with E-state index in [0.717, 1.165) is 18.5 Å². The molecule has 0 aromatic heterocycles. The molecule has 3 rings (SSSR count). The van der Waals surface area contributed by atoms with Gasteiger partial charge >= 0.3 is 0 Å². The molecular formula is C18H17FN2. The molecule has 0 saturated carbocycles. The van der Waals surface area contributed by atoms with E-state index in [1.54, 1.807) is 6.07 Å². The summed E-state index contributed by atoms with van der Waals surface area (Å²) in [6.07, 6.45) is 4.67. The number of rotatable bonds is 3. The number of hydrogen-bond donors (Lipinski definition) is 1. The van der Waals surface area contributed by atoms with E-state index in [9.17, 15) is 4.39 Å². The Bertz CT molecular complexity index is 701. The molecule has 106 valence electrons. The minimum absolute atomic E-state index is 0.272. The number of aryl methyl sites for hydroxylation is 1. The fraction of sp³-hybridized carbons (Fsp3) is 0.278. The van der Waals surface area contributed by atoms with Crippen molar-refractivity contribution in [3.05, 3.63) is 64.5 Å². The largest absolute Gasteiger partial charge is 0.381 e. The number of benzene rings is 2.